The number of nitrogens with two attached hydrogens (primary N) is 2. The fraction of sp³-hybridized carbons (Fsp3) is 0.300. The van der Waals surface area contributed by atoms with Crippen LogP contribution in [0.4, 0.5) is 4.79 Å². The average Bonchev–Trinajstić information content (AvgIpc) is 2.00. The van der Waals surface area contributed by atoms with E-state index in [4.69, 9.17) is 15.0 Å². The van der Waals surface area contributed by atoms with Gasteiger partial charge in [0.25, 0.3) is 0 Å². The molecule has 0 atom stereocenters. The van der Waals surface area contributed by atoms with E-state index in [1.165, 1.54) is 0 Å². The molecule has 5 nitrogen and oxygen atoms in total. The summed E-state index contributed by atoms with van der Waals surface area (Å²) < 4.78 is 0. The third-order valence-corrected chi connectivity index (χ3v) is 1.27. The van der Waals surface area contributed by atoms with Gasteiger partial charge in [-0.05, 0) is 6.92 Å². The number of aliphatic hydroxyl groups is 2. The van der Waals surface area contributed by atoms with E-state index in [0.717, 1.165) is 5.57 Å². The van der Waals surface area contributed by atoms with Crippen LogP contribution in [0.5, 0.6) is 0 Å². The minimum absolute atomic E-state index is 0.111. The smallest absolute Gasteiger partial charge is 0.309 e. The highest BCUT2D eigenvalue weighted by atomic mass is 16.3. The molecule has 0 aromatic heterocycles. The fourth-order valence-corrected chi connectivity index (χ4v) is 0.791. The molecule has 0 fully saturated rings. The van der Waals surface area contributed by atoms with Gasteiger partial charge in [-0.2, -0.15) is 0 Å². The van der Waals surface area contributed by atoms with Gasteiger partial charge in [-0.3, -0.25) is 0 Å². The zero-order valence-corrected chi connectivity index (χ0v) is 8.86. The number of hydrogen-bond donors (Lipinski definition) is 4. The highest BCUT2D eigenvalue weighted by Gasteiger charge is 1.99. The van der Waals surface area contributed by atoms with Crippen LogP contribution in [0.25, 0.3) is 0 Å². The van der Waals surface area contributed by atoms with E-state index >= 15 is 0 Å². The Hall–Kier alpha value is -1.91. The molecule has 0 aliphatic carbocycles. The highest BCUT2D eigenvalue weighted by molar-refractivity contribution is 5.69. The highest BCUT2D eigenvalue weighted by Crippen LogP contribution is 2.14. The quantitative estimate of drug-likeness (QED) is 0.423. The van der Waals surface area contributed by atoms with E-state index in [0.29, 0.717) is 12.8 Å². The Bertz CT molecular complexity index is 248. The first-order valence-corrected chi connectivity index (χ1v) is 4.22. The number of amides is 2. The van der Waals surface area contributed by atoms with Gasteiger partial charge in [0.1, 0.15) is 0 Å². The van der Waals surface area contributed by atoms with Gasteiger partial charge < -0.3 is 21.7 Å². The van der Waals surface area contributed by atoms with E-state index in [2.05, 4.69) is 24.6 Å². The van der Waals surface area contributed by atoms with Crippen molar-refractivity contribution in [2.75, 3.05) is 0 Å². The molecule has 0 aromatic carbocycles. The van der Waals surface area contributed by atoms with Crippen LogP contribution in [0, 0.1) is 0 Å². The number of rotatable bonds is 4. The summed E-state index contributed by atoms with van der Waals surface area (Å²) in [5.74, 6) is 0.221. The van der Waals surface area contributed by atoms with Crippen LogP contribution < -0.4 is 11.5 Å². The van der Waals surface area contributed by atoms with E-state index in [1.807, 2.05) is 13.0 Å². The van der Waals surface area contributed by atoms with Crippen molar-refractivity contribution in [3.05, 3.63) is 36.3 Å². The zero-order valence-electron chi connectivity index (χ0n) is 8.86. The number of carbonyl (C=O) groups is 1. The maximum absolute atomic E-state index is 9.00. The number of allylic oxidation sites excluding steroid dienone is 3. The Morgan fingerprint density at radius 2 is 1.47 bits per heavy atom. The van der Waals surface area contributed by atoms with Crippen molar-refractivity contribution >= 4 is 6.03 Å². The molecule has 0 bridgehead atoms. The van der Waals surface area contributed by atoms with Crippen molar-refractivity contribution in [1.82, 2.24) is 0 Å². The summed E-state index contributed by atoms with van der Waals surface area (Å²) in [6.07, 6.45) is 2.66. The van der Waals surface area contributed by atoms with Crippen molar-refractivity contribution < 1.29 is 15.0 Å². The molecule has 0 saturated carbocycles. The maximum atomic E-state index is 9.00. The van der Waals surface area contributed by atoms with E-state index in [9.17, 15) is 0 Å². The summed E-state index contributed by atoms with van der Waals surface area (Å²) >= 11 is 0. The summed E-state index contributed by atoms with van der Waals surface area (Å²) in [4.78, 5) is 9.00. The molecule has 0 radical (unpaired) electrons. The van der Waals surface area contributed by atoms with Crippen molar-refractivity contribution in [3.63, 3.8) is 0 Å². The molecule has 0 aliphatic rings. The van der Waals surface area contributed by atoms with Gasteiger partial charge in [0.2, 0.25) is 0 Å². The molecule has 0 heterocycles. The third-order valence-electron chi connectivity index (χ3n) is 1.27. The van der Waals surface area contributed by atoms with Crippen LogP contribution in [0.15, 0.2) is 36.3 Å². The van der Waals surface area contributed by atoms with Crippen LogP contribution in [0.1, 0.15) is 19.8 Å². The lowest BCUT2D eigenvalue weighted by Gasteiger charge is -2.03. The summed E-state index contributed by atoms with van der Waals surface area (Å²) in [6, 6.07) is -0.833. The lowest BCUT2D eigenvalue weighted by molar-refractivity contribution is 0.256. The third kappa shape index (κ3) is 18.8. The van der Waals surface area contributed by atoms with Crippen molar-refractivity contribution in [3.8, 4) is 0 Å². The number of urea groups is 1. The Morgan fingerprint density at radius 3 is 1.60 bits per heavy atom. The molecular formula is C10H18N2O3. The largest absolute Gasteiger partial charge is 0.513 e. The lowest BCUT2D eigenvalue weighted by Crippen LogP contribution is -2.18. The minimum atomic E-state index is -0.833. The van der Waals surface area contributed by atoms with Gasteiger partial charge in [0.15, 0.2) is 0 Å². The minimum Gasteiger partial charge on any atom is -0.513 e. The van der Waals surface area contributed by atoms with Gasteiger partial charge in [0.05, 0.1) is 11.5 Å². The molecule has 0 aromatic rings. The van der Waals surface area contributed by atoms with Crippen LogP contribution in [-0.2, 0) is 0 Å². The second-order valence-corrected chi connectivity index (χ2v) is 2.84. The molecule has 86 valence electrons. The molecule has 0 spiro atoms. The zero-order chi connectivity index (χ0) is 12.4. The van der Waals surface area contributed by atoms with Gasteiger partial charge in [-0.1, -0.05) is 24.8 Å². The number of primary amides is 2. The van der Waals surface area contributed by atoms with Crippen molar-refractivity contribution in [2.45, 2.75) is 19.8 Å². The Kier molecular flexibility index (Phi) is 9.00. The normalized spacial score (nSPS) is 8.07. The van der Waals surface area contributed by atoms with Gasteiger partial charge in [-0.15, -0.1) is 0 Å². The first-order chi connectivity index (χ1) is 6.79. The number of hydrogen-bond acceptors (Lipinski definition) is 3. The van der Waals surface area contributed by atoms with Gasteiger partial charge in [-0.25, -0.2) is 4.79 Å². The molecule has 5 heteroatoms. The Labute approximate surface area is 89.4 Å². The van der Waals surface area contributed by atoms with Crippen LogP contribution >= 0.6 is 0 Å². The van der Waals surface area contributed by atoms with E-state index < -0.39 is 6.03 Å². The van der Waals surface area contributed by atoms with Gasteiger partial charge in [0, 0.05) is 12.8 Å². The summed E-state index contributed by atoms with van der Waals surface area (Å²) in [5, 5.41) is 17.6. The molecule has 2 amide bonds. The Balaban J connectivity index is 0. The standard InChI is InChI=1S/C9H14O2.CH4N2O/c1-4-9(5-7(2)10)6-8(3)11;2-1(3)4/h4,10-11H,2-3,5-6H2,1H3;(H4,2,3,4). The summed E-state index contributed by atoms with van der Waals surface area (Å²) in [7, 11) is 0. The summed E-state index contributed by atoms with van der Waals surface area (Å²) in [6.45, 7) is 8.56. The monoisotopic (exact) mass is 214 g/mol. The average molecular weight is 214 g/mol. The molecule has 0 unspecified atom stereocenters. The molecule has 0 saturated heterocycles. The molecule has 0 aliphatic heterocycles. The predicted molar refractivity (Wildman–Crippen MR) is 60.3 cm³/mol. The van der Waals surface area contributed by atoms with Crippen LogP contribution in [0.3, 0.4) is 0 Å². The first-order valence-electron chi connectivity index (χ1n) is 4.22. The molecular weight excluding hydrogens is 196 g/mol. The first kappa shape index (κ1) is 15.6. The van der Waals surface area contributed by atoms with Crippen LogP contribution in [0.2, 0.25) is 0 Å². The molecule has 15 heavy (non-hydrogen) atoms. The molecule has 6 N–H and O–H groups in total. The van der Waals surface area contributed by atoms with E-state index in [1.54, 1.807) is 0 Å². The number of carbonyl (C=O) groups excluding carboxylic acids is 1. The SMILES string of the molecule is C=C(O)CC(=CC)CC(=C)O.NC(N)=O. The topological polar surface area (TPSA) is 110 Å². The van der Waals surface area contributed by atoms with Gasteiger partial charge >= 0.3 is 6.03 Å². The second-order valence-electron chi connectivity index (χ2n) is 2.84. The van der Waals surface area contributed by atoms with Crippen LogP contribution in [-0.4, -0.2) is 16.2 Å². The second kappa shape index (κ2) is 8.68. The van der Waals surface area contributed by atoms with Crippen molar-refractivity contribution in [1.29, 1.82) is 0 Å². The van der Waals surface area contributed by atoms with Crippen molar-refractivity contribution in [2.24, 2.45) is 11.5 Å². The maximum Gasteiger partial charge on any atom is 0.309 e. The Morgan fingerprint density at radius 1 is 1.20 bits per heavy atom. The molecule has 0 rings (SSSR count). The lowest BCUT2D eigenvalue weighted by atomic mass is 10.1. The predicted octanol–water partition coefficient (Wildman–Crippen LogP) is 1.88. The number of aliphatic hydroxyl groups excluding tert-OH is 2. The fourth-order valence-electron chi connectivity index (χ4n) is 0.791. The van der Waals surface area contributed by atoms with E-state index in [-0.39, 0.29) is 11.5 Å². The summed E-state index contributed by atoms with van der Waals surface area (Å²) in [5.41, 5.74) is 9.42.